The monoisotopic (exact) mass is 314 g/mol. The van der Waals surface area contributed by atoms with Crippen LogP contribution in [0.2, 0.25) is 0 Å². The van der Waals surface area contributed by atoms with E-state index in [2.05, 4.69) is 5.32 Å². The molecule has 2 amide bonds. The van der Waals surface area contributed by atoms with E-state index < -0.39 is 17.8 Å². The van der Waals surface area contributed by atoms with E-state index in [0.29, 0.717) is 24.9 Å². The molecule has 0 radical (unpaired) electrons. The van der Waals surface area contributed by atoms with Crippen molar-refractivity contribution in [1.82, 2.24) is 10.2 Å². The number of amides is 2. The molecule has 1 aliphatic heterocycles. The molecule has 1 aromatic carbocycles. The summed E-state index contributed by atoms with van der Waals surface area (Å²) in [7, 11) is 0. The van der Waals surface area contributed by atoms with Crippen molar-refractivity contribution in [2.45, 2.75) is 38.5 Å². The van der Waals surface area contributed by atoms with Crippen molar-refractivity contribution < 1.29 is 22.8 Å². The molecule has 2 rings (SSSR count). The van der Waals surface area contributed by atoms with Crippen LogP contribution in [-0.4, -0.2) is 29.3 Å². The Morgan fingerprint density at radius 1 is 1.41 bits per heavy atom. The van der Waals surface area contributed by atoms with Gasteiger partial charge in [0.2, 0.25) is 11.8 Å². The van der Waals surface area contributed by atoms with Gasteiger partial charge in [0.05, 0.1) is 5.56 Å². The number of rotatable bonds is 4. The number of benzene rings is 1. The summed E-state index contributed by atoms with van der Waals surface area (Å²) in [5.41, 5.74) is -0.374. The van der Waals surface area contributed by atoms with Crippen molar-refractivity contribution in [3.63, 3.8) is 0 Å². The van der Waals surface area contributed by atoms with Crippen LogP contribution in [0.3, 0.4) is 0 Å². The molecule has 0 aromatic heterocycles. The van der Waals surface area contributed by atoms with Gasteiger partial charge in [0.25, 0.3) is 0 Å². The highest BCUT2D eigenvalue weighted by molar-refractivity contribution is 5.90. The number of carbonyl (C=O) groups excluding carboxylic acids is 2. The number of alkyl halides is 3. The van der Waals surface area contributed by atoms with Crippen LogP contribution >= 0.6 is 0 Å². The standard InChI is InChI=1S/C15H17F3N2O2/c1-2-20-12(6-7-13(20)21)14(22)19-9-10-4-3-5-11(8-10)15(16,17)18/h3-5,8,12H,2,6-7,9H2,1H3,(H,19,22). The van der Waals surface area contributed by atoms with Gasteiger partial charge >= 0.3 is 6.18 Å². The molecule has 0 aliphatic carbocycles. The zero-order chi connectivity index (χ0) is 16.3. The second-order valence-corrected chi connectivity index (χ2v) is 5.15. The van der Waals surface area contributed by atoms with E-state index in [0.717, 1.165) is 12.1 Å². The molecule has 1 aromatic rings. The SMILES string of the molecule is CCN1C(=O)CCC1C(=O)NCc1cccc(C(F)(F)F)c1. The molecular formula is C15H17F3N2O2. The Hall–Kier alpha value is -2.05. The lowest BCUT2D eigenvalue weighted by Crippen LogP contribution is -2.44. The molecule has 1 heterocycles. The van der Waals surface area contributed by atoms with Gasteiger partial charge in [-0.3, -0.25) is 9.59 Å². The van der Waals surface area contributed by atoms with Gasteiger partial charge in [-0.15, -0.1) is 0 Å². The largest absolute Gasteiger partial charge is 0.416 e. The van der Waals surface area contributed by atoms with Crippen LogP contribution in [0.4, 0.5) is 13.2 Å². The first kappa shape index (κ1) is 16.3. The fourth-order valence-corrected chi connectivity index (χ4v) is 2.57. The topological polar surface area (TPSA) is 49.4 Å². The second-order valence-electron chi connectivity index (χ2n) is 5.15. The predicted molar refractivity (Wildman–Crippen MR) is 73.7 cm³/mol. The van der Waals surface area contributed by atoms with E-state index in [1.165, 1.54) is 17.0 Å². The lowest BCUT2D eigenvalue weighted by molar-refractivity contribution is -0.137. The molecule has 7 heteroatoms. The quantitative estimate of drug-likeness (QED) is 0.927. The number of nitrogens with one attached hydrogen (secondary N) is 1. The fourth-order valence-electron chi connectivity index (χ4n) is 2.57. The van der Waals surface area contributed by atoms with Crippen molar-refractivity contribution >= 4 is 11.8 Å². The van der Waals surface area contributed by atoms with Gasteiger partial charge in [-0.05, 0) is 31.0 Å². The summed E-state index contributed by atoms with van der Waals surface area (Å²) >= 11 is 0. The smallest absolute Gasteiger partial charge is 0.350 e. The highest BCUT2D eigenvalue weighted by atomic mass is 19.4. The number of likely N-dealkylation sites (tertiary alicyclic amines) is 1. The Kier molecular flexibility index (Phi) is 4.73. The molecule has 4 nitrogen and oxygen atoms in total. The van der Waals surface area contributed by atoms with Crippen molar-refractivity contribution in [3.8, 4) is 0 Å². The van der Waals surface area contributed by atoms with Crippen LogP contribution in [0.1, 0.15) is 30.9 Å². The molecule has 0 saturated carbocycles. The number of hydrogen-bond donors (Lipinski definition) is 1. The summed E-state index contributed by atoms with van der Waals surface area (Å²) in [5, 5.41) is 2.60. The molecule has 1 N–H and O–H groups in total. The van der Waals surface area contributed by atoms with E-state index in [-0.39, 0.29) is 18.4 Å². The Morgan fingerprint density at radius 3 is 2.77 bits per heavy atom. The molecule has 1 fully saturated rings. The number of hydrogen-bond acceptors (Lipinski definition) is 2. The van der Waals surface area contributed by atoms with Crippen LogP contribution in [0.15, 0.2) is 24.3 Å². The lowest BCUT2D eigenvalue weighted by Gasteiger charge is -2.22. The van der Waals surface area contributed by atoms with Crippen molar-refractivity contribution in [2.75, 3.05) is 6.54 Å². The van der Waals surface area contributed by atoms with Gasteiger partial charge in [-0.2, -0.15) is 13.2 Å². The van der Waals surface area contributed by atoms with Crippen LogP contribution in [0, 0.1) is 0 Å². The summed E-state index contributed by atoms with van der Waals surface area (Å²) in [6.07, 6.45) is -3.63. The average molecular weight is 314 g/mol. The molecule has 0 spiro atoms. The first-order valence-corrected chi connectivity index (χ1v) is 7.06. The van der Waals surface area contributed by atoms with Gasteiger partial charge in [-0.1, -0.05) is 12.1 Å². The van der Waals surface area contributed by atoms with Crippen LogP contribution in [0.5, 0.6) is 0 Å². The maximum absolute atomic E-state index is 12.6. The van der Waals surface area contributed by atoms with Gasteiger partial charge in [-0.25, -0.2) is 0 Å². The zero-order valence-electron chi connectivity index (χ0n) is 12.1. The molecular weight excluding hydrogens is 297 g/mol. The van der Waals surface area contributed by atoms with E-state index in [1.807, 2.05) is 0 Å². The average Bonchev–Trinajstić information content (AvgIpc) is 2.85. The molecule has 1 atom stereocenters. The fraction of sp³-hybridized carbons (Fsp3) is 0.467. The normalized spacial score (nSPS) is 18.6. The number of halogens is 3. The minimum atomic E-state index is -4.41. The number of carbonyl (C=O) groups is 2. The van der Waals surface area contributed by atoms with E-state index >= 15 is 0 Å². The summed E-state index contributed by atoms with van der Waals surface area (Å²) in [5.74, 6) is -0.396. The molecule has 1 unspecified atom stereocenters. The molecule has 120 valence electrons. The maximum atomic E-state index is 12.6. The van der Waals surface area contributed by atoms with Gasteiger partial charge in [0.15, 0.2) is 0 Å². The molecule has 1 saturated heterocycles. The second kappa shape index (κ2) is 6.37. The molecule has 22 heavy (non-hydrogen) atoms. The Balaban J connectivity index is 1.98. The maximum Gasteiger partial charge on any atom is 0.416 e. The van der Waals surface area contributed by atoms with E-state index in [4.69, 9.17) is 0 Å². The molecule has 1 aliphatic rings. The minimum Gasteiger partial charge on any atom is -0.350 e. The third kappa shape index (κ3) is 3.58. The predicted octanol–water partition coefficient (Wildman–Crippen LogP) is 2.33. The van der Waals surface area contributed by atoms with E-state index in [9.17, 15) is 22.8 Å². The van der Waals surface area contributed by atoms with Gasteiger partial charge in [0, 0.05) is 19.5 Å². The van der Waals surface area contributed by atoms with Gasteiger partial charge < -0.3 is 10.2 Å². The van der Waals surface area contributed by atoms with Crippen molar-refractivity contribution in [3.05, 3.63) is 35.4 Å². The van der Waals surface area contributed by atoms with Crippen LogP contribution in [-0.2, 0) is 22.3 Å². The third-order valence-electron chi connectivity index (χ3n) is 3.69. The summed E-state index contributed by atoms with van der Waals surface area (Å²) in [6.45, 7) is 2.24. The third-order valence-corrected chi connectivity index (χ3v) is 3.69. The van der Waals surface area contributed by atoms with E-state index in [1.54, 1.807) is 6.92 Å². The lowest BCUT2D eigenvalue weighted by atomic mass is 10.1. The number of nitrogens with zero attached hydrogens (tertiary/aromatic N) is 1. The highest BCUT2D eigenvalue weighted by Gasteiger charge is 2.34. The Labute approximate surface area is 126 Å². The van der Waals surface area contributed by atoms with Crippen molar-refractivity contribution in [2.24, 2.45) is 0 Å². The minimum absolute atomic E-state index is 0.00496. The first-order valence-electron chi connectivity index (χ1n) is 7.06. The number of likely N-dealkylation sites (N-methyl/N-ethyl adjacent to an activating group) is 1. The first-order chi connectivity index (χ1) is 10.3. The molecule has 0 bridgehead atoms. The zero-order valence-corrected chi connectivity index (χ0v) is 12.1. The van der Waals surface area contributed by atoms with Crippen LogP contribution in [0.25, 0.3) is 0 Å². The van der Waals surface area contributed by atoms with Gasteiger partial charge in [0.1, 0.15) is 6.04 Å². The van der Waals surface area contributed by atoms with Crippen molar-refractivity contribution in [1.29, 1.82) is 0 Å². The Morgan fingerprint density at radius 2 is 2.14 bits per heavy atom. The Bertz CT molecular complexity index is 572. The summed E-state index contributed by atoms with van der Waals surface area (Å²) in [4.78, 5) is 25.1. The van der Waals surface area contributed by atoms with Crippen LogP contribution < -0.4 is 5.32 Å². The summed E-state index contributed by atoms with van der Waals surface area (Å²) in [6, 6.07) is 4.30. The summed E-state index contributed by atoms with van der Waals surface area (Å²) < 4.78 is 37.9. The highest BCUT2D eigenvalue weighted by Crippen LogP contribution is 2.29.